The van der Waals surface area contributed by atoms with E-state index in [4.69, 9.17) is 11.6 Å². The zero-order valence-electron chi connectivity index (χ0n) is 9.45. The first-order valence-electron chi connectivity index (χ1n) is 5.88. The van der Waals surface area contributed by atoms with Crippen LogP contribution >= 0.6 is 11.6 Å². The third-order valence-electron chi connectivity index (χ3n) is 4.01. The fourth-order valence-electron chi connectivity index (χ4n) is 2.91. The smallest absolute Gasteiger partial charge is 0.339 e. The van der Waals surface area contributed by atoms with Crippen LogP contribution in [0.1, 0.15) is 29.6 Å². The van der Waals surface area contributed by atoms with Crippen LogP contribution < -0.4 is 4.90 Å². The van der Waals surface area contributed by atoms with E-state index in [1.807, 2.05) is 12.1 Å². The highest BCUT2D eigenvalue weighted by molar-refractivity contribution is 6.34. The van der Waals surface area contributed by atoms with Gasteiger partial charge < -0.3 is 10.0 Å². The number of hydrogen-bond donors (Lipinski definition) is 1. The molecule has 2 aliphatic rings. The number of carboxylic acid groups (broad SMARTS) is 1. The highest BCUT2D eigenvalue weighted by Crippen LogP contribution is 2.50. The normalized spacial score (nSPS) is 20.9. The maximum atomic E-state index is 11.2. The Labute approximate surface area is 105 Å². The molecule has 0 radical (unpaired) electrons. The number of hydrogen-bond acceptors (Lipinski definition) is 2. The quantitative estimate of drug-likeness (QED) is 0.878. The third-order valence-corrected chi connectivity index (χ3v) is 4.33. The van der Waals surface area contributed by atoms with Gasteiger partial charge in [-0.25, -0.2) is 4.79 Å². The minimum atomic E-state index is -0.944. The fourth-order valence-corrected chi connectivity index (χ4v) is 3.17. The van der Waals surface area contributed by atoms with Crippen LogP contribution in [0.15, 0.2) is 18.2 Å². The summed E-state index contributed by atoms with van der Waals surface area (Å²) in [5, 5.41) is 9.53. The molecule has 2 fully saturated rings. The SMILES string of the molecule is O=C(O)c1c(Cl)cccc1N1CC2(CCC2)C1. The van der Waals surface area contributed by atoms with E-state index in [1.165, 1.54) is 19.3 Å². The molecule has 1 saturated heterocycles. The summed E-state index contributed by atoms with van der Waals surface area (Å²) >= 11 is 5.96. The second kappa shape index (κ2) is 3.64. The van der Waals surface area contributed by atoms with Gasteiger partial charge in [-0.1, -0.05) is 24.1 Å². The van der Waals surface area contributed by atoms with Crippen LogP contribution in [-0.2, 0) is 0 Å². The van der Waals surface area contributed by atoms with Gasteiger partial charge in [-0.3, -0.25) is 0 Å². The average Bonchev–Trinajstić information content (AvgIpc) is 2.12. The molecular formula is C13H14ClNO2. The van der Waals surface area contributed by atoms with E-state index in [0.717, 1.165) is 18.8 Å². The Morgan fingerprint density at radius 2 is 2.06 bits per heavy atom. The van der Waals surface area contributed by atoms with Gasteiger partial charge in [-0.05, 0) is 25.0 Å². The first-order valence-corrected chi connectivity index (χ1v) is 6.26. The van der Waals surface area contributed by atoms with Gasteiger partial charge in [0.25, 0.3) is 0 Å². The molecule has 1 aromatic carbocycles. The Morgan fingerprint density at radius 3 is 2.59 bits per heavy atom. The van der Waals surface area contributed by atoms with Crippen molar-refractivity contribution in [1.29, 1.82) is 0 Å². The highest BCUT2D eigenvalue weighted by atomic mass is 35.5. The van der Waals surface area contributed by atoms with Gasteiger partial charge in [-0.15, -0.1) is 0 Å². The Balaban J connectivity index is 1.88. The van der Waals surface area contributed by atoms with Crippen molar-refractivity contribution in [3.63, 3.8) is 0 Å². The predicted molar refractivity (Wildman–Crippen MR) is 66.9 cm³/mol. The summed E-state index contributed by atoms with van der Waals surface area (Å²) < 4.78 is 0. The Hall–Kier alpha value is -1.22. The van der Waals surface area contributed by atoms with Crippen molar-refractivity contribution in [1.82, 2.24) is 0 Å². The largest absolute Gasteiger partial charge is 0.478 e. The molecule has 1 saturated carbocycles. The minimum absolute atomic E-state index is 0.239. The first-order chi connectivity index (χ1) is 8.11. The van der Waals surface area contributed by atoms with Gasteiger partial charge in [0.05, 0.1) is 10.7 Å². The molecule has 4 heteroatoms. The molecule has 0 atom stereocenters. The van der Waals surface area contributed by atoms with Crippen LogP contribution in [0.25, 0.3) is 0 Å². The Bertz CT molecular complexity index is 474. The molecule has 0 unspecified atom stereocenters. The summed E-state index contributed by atoms with van der Waals surface area (Å²) in [4.78, 5) is 13.4. The number of halogens is 1. The van der Waals surface area contributed by atoms with Gasteiger partial charge in [0, 0.05) is 18.5 Å². The van der Waals surface area contributed by atoms with Crippen molar-refractivity contribution in [3.8, 4) is 0 Å². The molecule has 0 aromatic heterocycles. The Kier molecular flexibility index (Phi) is 2.33. The van der Waals surface area contributed by atoms with Crippen molar-refractivity contribution >= 4 is 23.3 Å². The van der Waals surface area contributed by atoms with Crippen LogP contribution in [0.2, 0.25) is 5.02 Å². The van der Waals surface area contributed by atoms with E-state index in [0.29, 0.717) is 10.4 Å². The van der Waals surface area contributed by atoms with Crippen LogP contribution in [0.3, 0.4) is 0 Å². The molecule has 1 aromatic rings. The maximum Gasteiger partial charge on any atom is 0.339 e. The van der Waals surface area contributed by atoms with Crippen LogP contribution in [0.4, 0.5) is 5.69 Å². The van der Waals surface area contributed by atoms with Crippen LogP contribution in [0, 0.1) is 5.41 Å². The zero-order chi connectivity index (χ0) is 12.0. The van der Waals surface area contributed by atoms with Crippen molar-refractivity contribution < 1.29 is 9.90 Å². The van der Waals surface area contributed by atoms with Crippen molar-refractivity contribution in [2.24, 2.45) is 5.41 Å². The summed E-state index contributed by atoms with van der Waals surface area (Å²) in [6.45, 7) is 1.96. The number of aromatic carboxylic acids is 1. The number of carboxylic acids is 1. The van der Waals surface area contributed by atoms with Crippen molar-refractivity contribution in [3.05, 3.63) is 28.8 Å². The molecule has 0 bridgehead atoms. The third kappa shape index (κ3) is 1.61. The highest BCUT2D eigenvalue weighted by Gasteiger charge is 2.47. The van der Waals surface area contributed by atoms with Gasteiger partial charge in [0.15, 0.2) is 0 Å². The molecule has 1 heterocycles. The maximum absolute atomic E-state index is 11.2. The molecular weight excluding hydrogens is 238 g/mol. The van der Waals surface area contributed by atoms with Crippen LogP contribution in [-0.4, -0.2) is 24.2 Å². The summed E-state index contributed by atoms with van der Waals surface area (Å²) in [5.74, 6) is -0.944. The van der Waals surface area contributed by atoms with E-state index in [-0.39, 0.29) is 5.56 Å². The molecule has 17 heavy (non-hydrogen) atoms. The standard InChI is InChI=1S/C13H14ClNO2/c14-9-3-1-4-10(11(9)12(16)17)15-7-13(8-15)5-2-6-13/h1,3-4H,2,5-8H2,(H,16,17). The Morgan fingerprint density at radius 1 is 1.35 bits per heavy atom. The fraction of sp³-hybridized carbons (Fsp3) is 0.462. The predicted octanol–water partition coefficient (Wildman–Crippen LogP) is 3.03. The van der Waals surface area contributed by atoms with E-state index < -0.39 is 5.97 Å². The molecule has 1 N–H and O–H groups in total. The number of benzene rings is 1. The number of carbonyl (C=O) groups is 1. The van der Waals surface area contributed by atoms with Crippen molar-refractivity contribution in [2.75, 3.05) is 18.0 Å². The van der Waals surface area contributed by atoms with Gasteiger partial charge in [0.2, 0.25) is 0 Å². The lowest BCUT2D eigenvalue weighted by Crippen LogP contribution is -2.60. The molecule has 3 nitrogen and oxygen atoms in total. The van der Waals surface area contributed by atoms with Gasteiger partial charge in [-0.2, -0.15) is 0 Å². The van der Waals surface area contributed by atoms with Crippen molar-refractivity contribution in [2.45, 2.75) is 19.3 Å². The molecule has 90 valence electrons. The van der Waals surface area contributed by atoms with E-state index >= 15 is 0 Å². The molecule has 1 aliphatic heterocycles. The van der Waals surface area contributed by atoms with Gasteiger partial charge >= 0.3 is 5.97 Å². The molecule has 1 aliphatic carbocycles. The van der Waals surface area contributed by atoms with Crippen LogP contribution in [0.5, 0.6) is 0 Å². The second-order valence-corrected chi connectivity index (χ2v) is 5.56. The molecule has 0 amide bonds. The average molecular weight is 252 g/mol. The number of rotatable bonds is 2. The lowest BCUT2D eigenvalue weighted by Gasteiger charge is -2.57. The zero-order valence-corrected chi connectivity index (χ0v) is 10.2. The summed E-state index contributed by atoms with van der Waals surface area (Å²) in [6, 6.07) is 5.30. The van der Waals surface area contributed by atoms with Gasteiger partial charge in [0.1, 0.15) is 5.56 Å². The second-order valence-electron chi connectivity index (χ2n) is 5.15. The monoisotopic (exact) mass is 251 g/mol. The number of nitrogens with zero attached hydrogens (tertiary/aromatic N) is 1. The minimum Gasteiger partial charge on any atom is -0.478 e. The lowest BCUT2D eigenvalue weighted by atomic mass is 9.63. The molecule has 1 spiro atoms. The summed E-state index contributed by atoms with van der Waals surface area (Å²) in [7, 11) is 0. The number of anilines is 1. The van der Waals surface area contributed by atoms with E-state index in [1.54, 1.807) is 6.07 Å². The first kappa shape index (κ1) is 10.9. The summed E-state index contributed by atoms with van der Waals surface area (Å²) in [6.07, 6.45) is 3.88. The molecule has 3 rings (SSSR count). The van der Waals surface area contributed by atoms with E-state index in [2.05, 4.69) is 4.90 Å². The summed E-state index contributed by atoms with van der Waals surface area (Å²) in [5.41, 5.74) is 1.49. The lowest BCUT2D eigenvalue weighted by molar-refractivity contribution is 0.0690. The van der Waals surface area contributed by atoms with E-state index in [9.17, 15) is 9.90 Å². The topological polar surface area (TPSA) is 40.5 Å².